The first-order valence-electron chi connectivity index (χ1n) is 4.86. The predicted octanol–water partition coefficient (Wildman–Crippen LogP) is 1.50. The summed E-state index contributed by atoms with van der Waals surface area (Å²) >= 11 is 7.28. The number of thiazole rings is 1. The third kappa shape index (κ3) is 2.92. The van der Waals surface area contributed by atoms with Gasteiger partial charge in [-0.2, -0.15) is 0 Å². The molecular formula is C9H14ClN3S. The van der Waals surface area contributed by atoms with Crippen LogP contribution in [-0.2, 0) is 6.54 Å². The average Bonchev–Trinajstić information content (AvgIpc) is 2.77. The summed E-state index contributed by atoms with van der Waals surface area (Å²) in [4.78, 5) is 5.21. The van der Waals surface area contributed by atoms with Crippen LogP contribution >= 0.6 is 22.9 Å². The molecule has 0 bridgehead atoms. The maximum atomic E-state index is 5.74. The lowest BCUT2D eigenvalue weighted by atomic mass is 10.1. The summed E-state index contributed by atoms with van der Waals surface area (Å²) in [5.41, 5.74) is 0. The number of nitrogens with zero attached hydrogens (tertiary/aromatic N) is 1. The van der Waals surface area contributed by atoms with E-state index in [4.69, 9.17) is 11.6 Å². The third-order valence-corrected chi connectivity index (χ3v) is 3.53. The van der Waals surface area contributed by atoms with Crippen molar-refractivity contribution in [3.05, 3.63) is 15.5 Å². The molecule has 2 N–H and O–H groups in total. The first-order chi connectivity index (χ1) is 6.84. The Balaban J connectivity index is 1.67. The Morgan fingerprint density at radius 1 is 1.71 bits per heavy atom. The van der Waals surface area contributed by atoms with E-state index in [0.29, 0.717) is 4.47 Å². The van der Waals surface area contributed by atoms with Crippen molar-refractivity contribution >= 4 is 22.9 Å². The molecule has 1 aliphatic heterocycles. The summed E-state index contributed by atoms with van der Waals surface area (Å²) in [6.45, 7) is 4.29. The molecule has 0 spiro atoms. The second-order valence-electron chi connectivity index (χ2n) is 3.57. The molecule has 2 rings (SSSR count). The van der Waals surface area contributed by atoms with E-state index in [1.165, 1.54) is 17.8 Å². The second-order valence-corrected chi connectivity index (χ2v) is 5.27. The number of aromatic nitrogens is 1. The number of hydrogen-bond donors (Lipinski definition) is 2. The summed E-state index contributed by atoms with van der Waals surface area (Å²) in [6, 6.07) is 0. The van der Waals surface area contributed by atoms with Crippen LogP contribution in [0.5, 0.6) is 0 Å². The fraction of sp³-hybridized carbons (Fsp3) is 0.667. The Hall–Kier alpha value is -0.160. The summed E-state index contributed by atoms with van der Waals surface area (Å²) in [6.07, 6.45) is 3.13. The van der Waals surface area contributed by atoms with Crippen molar-refractivity contribution in [2.45, 2.75) is 13.0 Å². The van der Waals surface area contributed by atoms with Crippen LogP contribution in [0.4, 0.5) is 0 Å². The van der Waals surface area contributed by atoms with Crippen molar-refractivity contribution in [1.29, 1.82) is 0 Å². The zero-order valence-corrected chi connectivity index (χ0v) is 9.50. The zero-order chi connectivity index (χ0) is 9.80. The van der Waals surface area contributed by atoms with Crippen LogP contribution in [0.2, 0.25) is 4.47 Å². The summed E-state index contributed by atoms with van der Waals surface area (Å²) in [5.74, 6) is 0.790. The van der Waals surface area contributed by atoms with Gasteiger partial charge in [-0.05, 0) is 32.0 Å². The van der Waals surface area contributed by atoms with Gasteiger partial charge < -0.3 is 10.6 Å². The van der Waals surface area contributed by atoms with Gasteiger partial charge in [-0.25, -0.2) is 4.98 Å². The Kier molecular flexibility index (Phi) is 3.75. The van der Waals surface area contributed by atoms with Gasteiger partial charge >= 0.3 is 0 Å². The lowest BCUT2D eigenvalue weighted by Crippen LogP contribution is -2.23. The van der Waals surface area contributed by atoms with E-state index < -0.39 is 0 Å². The largest absolute Gasteiger partial charge is 0.316 e. The quantitative estimate of drug-likeness (QED) is 0.825. The van der Waals surface area contributed by atoms with Crippen molar-refractivity contribution < 1.29 is 0 Å². The third-order valence-electron chi connectivity index (χ3n) is 2.42. The van der Waals surface area contributed by atoms with Crippen molar-refractivity contribution in [2.24, 2.45) is 5.92 Å². The van der Waals surface area contributed by atoms with E-state index in [1.807, 2.05) is 6.20 Å². The van der Waals surface area contributed by atoms with Crippen molar-refractivity contribution in [1.82, 2.24) is 15.6 Å². The topological polar surface area (TPSA) is 37.0 Å². The lowest BCUT2D eigenvalue weighted by molar-refractivity contribution is 0.514. The smallest absolute Gasteiger partial charge is 0.183 e. The van der Waals surface area contributed by atoms with Gasteiger partial charge in [-0.15, -0.1) is 11.3 Å². The lowest BCUT2D eigenvalue weighted by Gasteiger charge is -2.08. The van der Waals surface area contributed by atoms with Gasteiger partial charge in [0, 0.05) is 17.6 Å². The Bertz CT molecular complexity index is 283. The molecule has 1 aromatic rings. The summed E-state index contributed by atoms with van der Waals surface area (Å²) in [7, 11) is 0. The van der Waals surface area contributed by atoms with Gasteiger partial charge in [0.1, 0.15) is 0 Å². The monoisotopic (exact) mass is 231 g/mol. The first-order valence-corrected chi connectivity index (χ1v) is 6.05. The van der Waals surface area contributed by atoms with Crippen molar-refractivity contribution in [3.63, 3.8) is 0 Å². The summed E-state index contributed by atoms with van der Waals surface area (Å²) in [5, 5.41) is 6.78. The van der Waals surface area contributed by atoms with Gasteiger partial charge in [-0.1, -0.05) is 11.6 Å². The molecule has 78 valence electrons. The molecule has 0 amide bonds. The van der Waals surface area contributed by atoms with Crippen LogP contribution in [0.1, 0.15) is 11.3 Å². The molecule has 0 saturated carbocycles. The highest BCUT2D eigenvalue weighted by molar-refractivity contribution is 7.15. The van der Waals surface area contributed by atoms with E-state index in [-0.39, 0.29) is 0 Å². The molecule has 1 aromatic heterocycles. The Morgan fingerprint density at radius 3 is 3.29 bits per heavy atom. The van der Waals surface area contributed by atoms with Gasteiger partial charge in [-0.3, -0.25) is 0 Å². The van der Waals surface area contributed by atoms with Crippen LogP contribution in [0.15, 0.2) is 6.20 Å². The zero-order valence-electron chi connectivity index (χ0n) is 7.92. The maximum Gasteiger partial charge on any atom is 0.183 e. The Morgan fingerprint density at radius 2 is 2.64 bits per heavy atom. The van der Waals surface area contributed by atoms with Crippen LogP contribution in [0.25, 0.3) is 0 Å². The van der Waals surface area contributed by atoms with Crippen molar-refractivity contribution in [3.8, 4) is 0 Å². The highest BCUT2D eigenvalue weighted by atomic mass is 35.5. The van der Waals surface area contributed by atoms with Crippen LogP contribution < -0.4 is 10.6 Å². The maximum absolute atomic E-state index is 5.74. The normalized spacial score (nSPS) is 21.6. The molecule has 0 aliphatic carbocycles. The van der Waals surface area contributed by atoms with E-state index in [1.54, 1.807) is 11.3 Å². The van der Waals surface area contributed by atoms with E-state index in [9.17, 15) is 0 Å². The molecular weight excluding hydrogens is 218 g/mol. The number of halogens is 1. The molecule has 5 heteroatoms. The highest BCUT2D eigenvalue weighted by Gasteiger charge is 2.13. The Labute approximate surface area is 92.9 Å². The number of nitrogens with one attached hydrogen (secondary N) is 2. The number of hydrogen-bond acceptors (Lipinski definition) is 4. The van der Waals surface area contributed by atoms with E-state index in [0.717, 1.165) is 25.6 Å². The van der Waals surface area contributed by atoms with Gasteiger partial charge in [0.25, 0.3) is 0 Å². The fourth-order valence-electron chi connectivity index (χ4n) is 1.65. The standard InChI is InChI=1S/C9H14ClN3S/c10-9-13-6-8(14-9)5-12-4-7-1-2-11-3-7/h6-7,11-12H,1-5H2. The van der Waals surface area contributed by atoms with E-state index >= 15 is 0 Å². The highest BCUT2D eigenvalue weighted by Crippen LogP contribution is 2.17. The minimum Gasteiger partial charge on any atom is -0.316 e. The van der Waals surface area contributed by atoms with Crippen LogP contribution in [0.3, 0.4) is 0 Å². The van der Waals surface area contributed by atoms with Crippen molar-refractivity contribution in [2.75, 3.05) is 19.6 Å². The van der Waals surface area contributed by atoms with Gasteiger partial charge in [0.15, 0.2) is 4.47 Å². The molecule has 1 saturated heterocycles. The molecule has 1 fully saturated rings. The minimum atomic E-state index is 0.629. The minimum absolute atomic E-state index is 0.629. The molecule has 1 aliphatic rings. The van der Waals surface area contributed by atoms with Gasteiger partial charge in [0.05, 0.1) is 0 Å². The average molecular weight is 232 g/mol. The van der Waals surface area contributed by atoms with Gasteiger partial charge in [0.2, 0.25) is 0 Å². The second kappa shape index (κ2) is 5.07. The molecule has 0 aromatic carbocycles. The molecule has 2 heterocycles. The first kappa shape index (κ1) is 10.4. The van der Waals surface area contributed by atoms with Crippen LogP contribution in [0, 0.1) is 5.92 Å². The molecule has 14 heavy (non-hydrogen) atoms. The predicted molar refractivity (Wildman–Crippen MR) is 59.8 cm³/mol. The molecule has 1 unspecified atom stereocenters. The molecule has 3 nitrogen and oxygen atoms in total. The van der Waals surface area contributed by atoms with Crippen LogP contribution in [-0.4, -0.2) is 24.6 Å². The fourth-order valence-corrected chi connectivity index (χ4v) is 2.60. The SMILES string of the molecule is Clc1ncc(CNCC2CCNC2)s1. The molecule has 1 atom stereocenters. The molecule has 0 radical (unpaired) electrons. The van der Waals surface area contributed by atoms with E-state index in [2.05, 4.69) is 15.6 Å². The summed E-state index contributed by atoms with van der Waals surface area (Å²) < 4.78 is 0.629. The number of rotatable bonds is 4.